The highest BCUT2D eigenvalue weighted by atomic mass is 16.5. The van der Waals surface area contributed by atoms with Crippen LogP contribution in [0.5, 0.6) is 5.75 Å². The molecule has 2 unspecified atom stereocenters. The van der Waals surface area contributed by atoms with Crippen LogP contribution in [-0.4, -0.2) is 36.0 Å². The van der Waals surface area contributed by atoms with Crippen LogP contribution in [0, 0.1) is 0 Å². The molecule has 0 saturated heterocycles. The topological polar surface area (TPSA) is 55.6 Å². The number of benzene rings is 1. The number of rotatable bonds is 4. The average molecular weight is 290 g/mol. The molecule has 2 atom stereocenters. The first kappa shape index (κ1) is 15.8. The number of carbonyl (C=O) groups is 1. The Morgan fingerprint density at radius 2 is 2.05 bits per heavy atom. The number of ether oxygens (including phenoxy) is 1. The van der Waals surface area contributed by atoms with Crippen molar-refractivity contribution in [2.45, 2.75) is 57.7 Å². The monoisotopic (exact) mass is 290 g/mol. The van der Waals surface area contributed by atoms with E-state index in [4.69, 9.17) is 10.5 Å². The predicted octanol–water partition coefficient (Wildman–Crippen LogP) is 2.82. The molecular weight excluding hydrogens is 264 g/mol. The molecule has 2 rings (SSSR count). The van der Waals surface area contributed by atoms with E-state index < -0.39 is 0 Å². The van der Waals surface area contributed by atoms with Crippen molar-refractivity contribution in [3.05, 3.63) is 29.8 Å². The lowest BCUT2D eigenvalue weighted by atomic mass is 9.90. The molecule has 1 amide bonds. The van der Waals surface area contributed by atoms with Gasteiger partial charge in [-0.05, 0) is 44.9 Å². The van der Waals surface area contributed by atoms with Crippen molar-refractivity contribution in [2.75, 3.05) is 7.05 Å². The summed E-state index contributed by atoms with van der Waals surface area (Å²) in [5.41, 5.74) is 6.83. The van der Waals surface area contributed by atoms with Gasteiger partial charge < -0.3 is 15.4 Å². The molecule has 0 heterocycles. The van der Waals surface area contributed by atoms with Crippen molar-refractivity contribution in [3.63, 3.8) is 0 Å². The van der Waals surface area contributed by atoms with Crippen LogP contribution in [0.1, 0.15) is 49.9 Å². The molecule has 1 aromatic carbocycles. The standard InChI is InChI=1S/C17H26N2O2/c1-12(2)21-14-8-6-7-13(11-14)17(20)19(3)16-10-5-4-9-15(16)18/h6-8,11-12,15-16H,4-5,9-10,18H2,1-3H3. The van der Waals surface area contributed by atoms with Gasteiger partial charge in [0.1, 0.15) is 5.75 Å². The molecule has 21 heavy (non-hydrogen) atoms. The van der Waals surface area contributed by atoms with Gasteiger partial charge in [0.05, 0.1) is 6.10 Å². The third kappa shape index (κ3) is 3.97. The number of amides is 1. The van der Waals surface area contributed by atoms with Crippen LogP contribution in [0.3, 0.4) is 0 Å². The second kappa shape index (κ2) is 6.94. The SMILES string of the molecule is CC(C)Oc1cccc(C(=O)N(C)C2CCCCC2N)c1. The molecule has 2 N–H and O–H groups in total. The molecule has 4 heteroatoms. The Morgan fingerprint density at radius 3 is 2.71 bits per heavy atom. The average Bonchev–Trinajstić information content (AvgIpc) is 2.46. The van der Waals surface area contributed by atoms with Crippen molar-refractivity contribution >= 4 is 5.91 Å². The zero-order valence-corrected chi connectivity index (χ0v) is 13.2. The number of carbonyl (C=O) groups excluding carboxylic acids is 1. The summed E-state index contributed by atoms with van der Waals surface area (Å²) in [4.78, 5) is 14.4. The minimum Gasteiger partial charge on any atom is -0.491 e. The molecular formula is C17H26N2O2. The number of hydrogen-bond acceptors (Lipinski definition) is 3. The van der Waals surface area contributed by atoms with Gasteiger partial charge in [0.2, 0.25) is 0 Å². The summed E-state index contributed by atoms with van der Waals surface area (Å²) >= 11 is 0. The molecule has 1 saturated carbocycles. The van der Waals surface area contributed by atoms with E-state index in [0.717, 1.165) is 31.4 Å². The van der Waals surface area contributed by atoms with Gasteiger partial charge in [0, 0.05) is 24.7 Å². The van der Waals surface area contributed by atoms with Crippen molar-refractivity contribution in [1.29, 1.82) is 0 Å². The largest absolute Gasteiger partial charge is 0.491 e. The summed E-state index contributed by atoms with van der Waals surface area (Å²) < 4.78 is 5.66. The molecule has 1 fully saturated rings. The Balaban J connectivity index is 2.11. The molecule has 1 aliphatic carbocycles. The smallest absolute Gasteiger partial charge is 0.254 e. The second-order valence-electron chi connectivity index (χ2n) is 6.13. The number of likely N-dealkylation sites (N-methyl/N-ethyl adjacent to an activating group) is 1. The first-order valence-corrected chi connectivity index (χ1v) is 7.78. The lowest BCUT2D eigenvalue weighted by Gasteiger charge is -2.36. The Labute approximate surface area is 127 Å². The van der Waals surface area contributed by atoms with Gasteiger partial charge in [-0.15, -0.1) is 0 Å². The van der Waals surface area contributed by atoms with E-state index in [2.05, 4.69) is 0 Å². The van der Waals surface area contributed by atoms with Gasteiger partial charge in [0.15, 0.2) is 0 Å². The highest BCUT2D eigenvalue weighted by molar-refractivity contribution is 5.94. The van der Waals surface area contributed by atoms with Crippen molar-refractivity contribution in [1.82, 2.24) is 4.90 Å². The molecule has 0 radical (unpaired) electrons. The van der Waals surface area contributed by atoms with Crippen molar-refractivity contribution < 1.29 is 9.53 Å². The maximum absolute atomic E-state index is 12.6. The van der Waals surface area contributed by atoms with Crippen molar-refractivity contribution in [2.24, 2.45) is 5.73 Å². The fourth-order valence-corrected chi connectivity index (χ4v) is 2.95. The fourth-order valence-electron chi connectivity index (χ4n) is 2.95. The summed E-state index contributed by atoms with van der Waals surface area (Å²) in [5.74, 6) is 0.753. The van der Waals surface area contributed by atoms with Gasteiger partial charge in [-0.3, -0.25) is 4.79 Å². The quantitative estimate of drug-likeness (QED) is 0.927. The highest BCUT2D eigenvalue weighted by Crippen LogP contribution is 2.23. The summed E-state index contributed by atoms with van der Waals surface area (Å²) in [5, 5.41) is 0. The Bertz CT molecular complexity index is 487. The Morgan fingerprint density at radius 1 is 1.33 bits per heavy atom. The van der Waals surface area contributed by atoms with Gasteiger partial charge in [-0.2, -0.15) is 0 Å². The highest BCUT2D eigenvalue weighted by Gasteiger charge is 2.28. The maximum Gasteiger partial charge on any atom is 0.254 e. The third-order valence-electron chi connectivity index (χ3n) is 4.05. The Hall–Kier alpha value is -1.55. The van der Waals surface area contributed by atoms with Gasteiger partial charge >= 0.3 is 0 Å². The van der Waals surface area contributed by atoms with E-state index in [0.29, 0.717) is 5.56 Å². The van der Waals surface area contributed by atoms with Crippen LogP contribution in [0.15, 0.2) is 24.3 Å². The third-order valence-corrected chi connectivity index (χ3v) is 4.05. The Kier molecular flexibility index (Phi) is 5.23. The van der Waals surface area contributed by atoms with Crippen molar-refractivity contribution in [3.8, 4) is 5.75 Å². The summed E-state index contributed by atoms with van der Waals surface area (Å²) in [6.07, 6.45) is 4.40. The molecule has 1 aromatic rings. The van der Waals surface area contributed by atoms with Gasteiger partial charge in [-0.25, -0.2) is 0 Å². The van der Waals surface area contributed by atoms with Gasteiger partial charge in [0.25, 0.3) is 5.91 Å². The maximum atomic E-state index is 12.6. The normalized spacial score (nSPS) is 22.1. The fraction of sp³-hybridized carbons (Fsp3) is 0.588. The molecule has 0 spiro atoms. The minimum atomic E-state index is 0.0200. The lowest BCUT2D eigenvalue weighted by molar-refractivity contribution is 0.0671. The number of nitrogens with two attached hydrogens (primary N) is 1. The first-order valence-electron chi connectivity index (χ1n) is 7.78. The molecule has 116 valence electrons. The molecule has 0 bridgehead atoms. The summed E-state index contributed by atoms with van der Waals surface area (Å²) in [6, 6.07) is 7.61. The van der Waals surface area contributed by atoms with E-state index in [1.54, 1.807) is 4.90 Å². The van der Waals surface area contributed by atoms with Crippen LogP contribution >= 0.6 is 0 Å². The minimum absolute atomic E-state index is 0.0200. The van der Waals surface area contributed by atoms with E-state index >= 15 is 0 Å². The lowest BCUT2D eigenvalue weighted by Crippen LogP contribution is -2.50. The predicted molar refractivity (Wildman–Crippen MR) is 84.5 cm³/mol. The molecule has 4 nitrogen and oxygen atoms in total. The molecule has 1 aliphatic rings. The van der Waals surface area contributed by atoms with Crippen LogP contribution in [0.2, 0.25) is 0 Å². The zero-order chi connectivity index (χ0) is 15.4. The number of hydrogen-bond donors (Lipinski definition) is 1. The van der Waals surface area contributed by atoms with Crippen LogP contribution in [-0.2, 0) is 0 Å². The second-order valence-corrected chi connectivity index (χ2v) is 6.13. The summed E-state index contributed by atoms with van der Waals surface area (Å²) in [6.45, 7) is 3.95. The summed E-state index contributed by atoms with van der Waals surface area (Å²) in [7, 11) is 1.86. The van der Waals surface area contributed by atoms with Gasteiger partial charge in [-0.1, -0.05) is 18.9 Å². The molecule has 0 aromatic heterocycles. The van der Waals surface area contributed by atoms with Crippen LogP contribution in [0.4, 0.5) is 0 Å². The van der Waals surface area contributed by atoms with E-state index in [-0.39, 0.29) is 24.1 Å². The van der Waals surface area contributed by atoms with E-state index in [9.17, 15) is 4.79 Å². The van der Waals surface area contributed by atoms with E-state index in [1.165, 1.54) is 0 Å². The number of nitrogens with zero attached hydrogens (tertiary/aromatic N) is 1. The first-order chi connectivity index (χ1) is 9.99. The van der Waals surface area contributed by atoms with E-state index in [1.807, 2.05) is 45.2 Å². The zero-order valence-electron chi connectivity index (χ0n) is 13.2. The molecule has 0 aliphatic heterocycles. The van der Waals surface area contributed by atoms with Crippen LogP contribution < -0.4 is 10.5 Å². The van der Waals surface area contributed by atoms with Crippen LogP contribution in [0.25, 0.3) is 0 Å².